The van der Waals surface area contributed by atoms with Gasteiger partial charge in [-0.1, -0.05) is 44.2 Å². The number of carboxylic acid groups (broad SMARTS) is 1. The molecule has 2 aliphatic rings. The Bertz CT molecular complexity index is 2360. The zero-order valence-electron chi connectivity index (χ0n) is 36.4. The van der Waals surface area contributed by atoms with Crippen LogP contribution in [0.25, 0.3) is 11.0 Å². The van der Waals surface area contributed by atoms with Crippen molar-refractivity contribution in [2.45, 2.75) is 91.1 Å². The van der Waals surface area contributed by atoms with E-state index in [2.05, 4.69) is 15.3 Å². The van der Waals surface area contributed by atoms with Crippen LogP contribution >= 0.6 is 0 Å². The number of carbonyl (C=O) groups is 4. The lowest BCUT2D eigenvalue weighted by Crippen LogP contribution is -2.41. The number of aliphatic carboxylic acids is 1. The van der Waals surface area contributed by atoms with Crippen molar-refractivity contribution in [3.05, 3.63) is 101 Å². The van der Waals surface area contributed by atoms with Crippen LogP contribution in [0.3, 0.4) is 0 Å². The number of nitrogens with one attached hydrogen (secondary N) is 1. The summed E-state index contributed by atoms with van der Waals surface area (Å²) < 4.78 is 7.97. The van der Waals surface area contributed by atoms with Gasteiger partial charge < -0.3 is 45.5 Å². The average Bonchev–Trinajstić information content (AvgIpc) is 3.80. The van der Waals surface area contributed by atoms with Gasteiger partial charge in [0.2, 0.25) is 5.91 Å². The van der Waals surface area contributed by atoms with Gasteiger partial charge in [0.15, 0.2) is 11.6 Å². The van der Waals surface area contributed by atoms with Crippen LogP contribution in [0, 0.1) is 11.3 Å². The van der Waals surface area contributed by atoms with E-state index in [-0.39, 0.29) is 42.8 Å². The van der Waals surface area contributed by atoms with Crippen LogP contribution < -0.4 is 15.8 Å². The normalized spacial score (nSPS) is 20.0. The molecular weight excluding hydrogens is 791 g/mol. The Labute approximate surface area is 362 Å². The summed E-state index contributed by atoms with van der Waals surface area (Å²) in [6.07, 6.45) is 2.14. The average molecular weight is 850 g/mol. The lowest BCUT2D eigenvalue weighted by molar-refractivity contribution is -0.139. The first-order valence-electron chi connectivity index (χ1n) is 21.1. The van der Waals surface area contributed by atoms with Crippen LogP contribution in [0.15, 0.2) is 95.5 Å². The number of aliphatic hydroxyl groups is 2. The van der Waals surface area contributed by atoms with Crippen molar-refractivity contribution in [1.29, 1.82) is 0 Å². The maximum Gasteiger partial charge on any atom is 0.320 e. The number of hydrogen-bond acceptors (Lipinski definition) is 12. The molecule has 1 amide bonds. The molecule has 2 heterocycles. The summed E-state index contributed by atoms with van der Waals surface area (Å²) in [6, 6.07) is 17.2. The van der Waals surface area contributed by atoms with Gasteiger partial charge in [0.05, 0.1) is 17.5 Å². The van der Waals surface area contributed by atoms with Gasteiger partial charge in [-0.05, 0) is 82.5 Å². The number of hydrogen-bond donors (Lipinski definition) is 5. The Morgan fingerprint density at radius 1 is 0.935 bits per heavy atom. The highest BCUT2D eigenvalue weighted by Crippen LogP contribution is 2.40. The first kappa shape index (κ1) is 45.8. The summed E-state index contributed by atoms with van der Waals surface area (Å²) in [5, 5.41) is 36.2. The second-order valence-electron chi connectivity index (χ2n) is 17.2. The summed E-state index contributed by atoms with van der Waals surface area (Å²) in [7, 11) is 1.77. The molecule has 15 heteroatoms. The van der Waals surface area contributed by atoms with Crippen molar-refractivity contribution in [2.24, 2.45) is 17.1 Å². The number of benzene rings is 2. The quantitative estimate of drug-likeness (QED) is 0.0760. The largest absolute Gasteiger partial charge is 0.480 e. The topological polar surface area (TPSA) is 213 Å². The number of aliphatic hydroxyl groups excluding tert-OH is 2. The number of aromatic nitrogens is 3. The molecule has 62 heavy (non-hydrogen) atoms. The van der Waals surface area contributed by atoms with Crippen molar-refractivity contribution in [1.82, 2.24) is 24.3 Å². The van der Waals surface area contributed by atoms with Crippen LogP contribution in [0.5, 0.6) is 11.5 Å². The molecule has 2 aliphatic carbocycles. The lowest BCUT2D eigenvalue weighted by atomic mass is 9.71. The van der Waals surface area contributed by atoms with Crippen LogP contribution in [0.2, 0.25) is 0 Å². The molecule has 0 aliphatic heterocycles. The van der Waals surface area contributed by atoms with Crippen LogP contribution in [0.4, 0.5) is 5.82 Å². The Balaban J connectivity index is 1.22. The molecule has 1 saturated carbocycles. The molecule has 1 fully saturated rings. The van der Waals surface area contributed by atoms with Crippen molar-refractivity contribution >= 4 is 40.3 Å². The minimum absolute atomic E-state index is 0.0369. The predicted octanol–water partition coefficient (Wildman–Crippen LogP) is 5.29. The van der Waals surface area contributed by atoms with Crippen LogP contribution in [-0.4, -0.2) is 115 Å². The monoisotopic (exact) mass is 849 g/mol. The van der Waals surface area contributed by atoms with Gasteiger partial charge in [0.25, 0.3) is 0 Å². The number of Topliss-reactive ketones (excluding diaryl/α,β-unsaturated/α-hetero) is 2. The SMILES string of the molecule is CNc1ncnc2c1ccn2[C@@H]1C[C@H](CN(CCCN(Cc2cccc(Oc3ccccc3)c2)C(=O)CC(C)(C)C2=C(C)C(=O)C(C)=C(C)C2=O)CC[C@H](N)C(=O)O)[C@@H](O)[C@H]1O. The van der Waals surface area contributed by atoms with E-state index >= 15 is 0 Å². The molecule has 330 valence electrons. The molecule has 0 spiro atoms. The fraction of sp³-hybridized carbons (Fsp3) is 0.447. The minimum Gasteiger partial charge on any atom is -0.480 e. The molecule has 15 nitrogen and oxygen atoms in total. The minimum atomic E-state index is -1.12. The van der Waals surface area contributed by atoms with Crippen molar-refractivity contribution in [3.63, 3.8) is 0 Å². The second kappa shape index (κ2) is 19.5. The summed E-state index contributed by atoms with van der Waals surface area (Å²) in [5.41, 5.74) is 7.94. The number of anilines is 1. The molecule has 0 unspecified atom stereocenters. The molecule has 0 bridgehead atoms. The van der Waals surface area contributed by atoms with E-state index in [9.17, 15) is 34.5 Å². The Kier molecular flexibility index (Phi) is 14.4. The predicted molar refractivity (Wildman–Crippen MR) is 235 cm³/mol. The third kappa shape index (κ3) is 10.1. The molecule has 2 aromatic carbocycles. The number of allylic oxidation sites excluding steroid dienone is 4. The smallest absolute Gasteiger partial charge is 0.320 e. The van der Waals surface area contributed by atoms with Gasteiger partial charge in [-0.3, -0.25) is 19.2 Å². The maximum atomic E-state index is 14.5. The van der Waals surface area contributed by atoms with E-state index in [4.69, 9.17) is 10.5 Å². The van der Waals surface area contributed by atoms with Gasteiger partial charge in [-0.15, -0.1) is 0 Å². The molecule has 0 saturated heterocycles. The van der Waals surface area contributed by atoms with Gasteiger partial charge in [-0.2, -0.15) is 0 Å². The zero-order chi connectivity index (χ0) is 44.9. The second-order valence-corrected chi connectivity index (χ2v) is 17.2. The van der Waals surface area contributed by atoms with E-state index < -0.39 is 35.7 Å². The van der Waals surface area contributed by atoms with Gasteiger partial charge in [0, 0.05) is 79.5 Å². The third-order valence-electron chi connectivity index (χ3n) is 12.4. The van der Waals surface area contributed by atoms with Crippen molar-refractivity contribution in [3.8, 4) is 11.5 Å². The molecule has 6 rings (SSSR count). The zero-order valence-corrected chi connectivity index (χ0v) is 36.4. The van der Waals surface area contributed by atoms with Crippen molar-refractivity contribution in [2.75, 3.05) is 38.5 Å². The molecular formula is C47H59N7O8. The highest BCUT2D eigenvalue weighted by molar-refractivity contribution is 6.25. The summed E-state index contributed by atoms with van der Waals surface area (Å²) in [5.74, 6) is -0.216. The first-order valence-corrected chi connectivity index (χ1v) is 21.1. The number of carboxylic acids is 1. The van der Waals surface area contributed by atoms with Crippen LogP contribution in [0.1, 0.15) is 71.9 Å². The standard InChI is InChI=1S/C47H59N7O8/c1-28-29(2)41(57)39(30(3)40(28)56)47(4,5)24-38(55)53(25-31-12-10-15-34(22-31)62-33-13-8-7-9-14-33)19-11-18-52(20-17-36(48)46(60)61)26-32-23-37(43(59)42(32)58)54-21-16-35-44(49-6)50-27-51-45(35)54/h7-10,12-16,21-22,27,32,36-37,42-43,58-59H,11,17-20,23-26,48H2,1-6H3,(H,60,61)(H,49,50,51)/t32-,36+,37-,42-,43+/m1/s1. The molecule has 2 aromatic heterocycles. The number of nitrogens with zero attached hydrogens (tertiary/aromatic N) is 5. The number of ketones is 2. The van der Waals surface area contributed by atoms with E-state index in [1.807, 2.05) is 90.2 Å². The Morgan fingerprint density at radius 3 is 2.35 bits per heavy atom. The number of nitrogens with two attached hydrogens (primary N) is 1. The van der Waals surface area contributed by atoms with Gasteiger partial charge in [0.1, 0.15) is 41.4 Å². The Hall–Kier alpha value is -5.74. The number of amides is 1. The molecule has 5 atom stereocenters. The number of para-hydroxylation sites is 1. The van der Waals surface area contributed by atoms with E-state index in [1.54, 1.807) is 32.7 Å². The molecule has 4 aromatic rings. The number of carbonyl (C=O) groups excluding carboxylic acids is 3. The fourth-order valence-electron chi connectivity index (χ4n) is 8.88. The van der Waals surface area contributed by atoms with E-state index in [1.165, 1.54) is 6.33 Å². The van der Waals surface area contributed by atoms with E-state index in [0.29, 0.717) is 84.3 Å². The number of fused-ring (bicyclic) bond motifs is 1. The number of rotatable bonds is 19. The maximum absolute atomic E-state index is 14.5. The van der Waals surface area contributed by atoms with Crippen LogP contribution in [-0.2, 0) is 25.7 Å². The third-order valence-corrected chi connectivity index (χ3v) is 12.4. The van der Waals surface area contributed by atoms with Crippen molar-refractivity contribution < 1.29 is 39.2 Å². The fourth-order valence-corrected chi connectivity index (χ4v) is 8.88. The molecule has 0 radical (unpaired) electrons. The van der Waals surface area contributed by atoms with E-state index in [0.717, 1.165) is 10.9 Å². The summed E-state index contributed by atoms with van der Waals surface area (Å²) in [4.78, 5) is 65.6. The summed E-state index contributed by atoms with van der Waals surface area (Å²) >= 11 is 0. The Morgan fingerprint density at radius 2 is 1.65 bits per heavy atom. The lowest BCUT2D eigenvalue weighted by Gasteiger charge is -2.34. The first-order chi connectivity index (χ1) is 29.5. The highest BCUT2D eigenvalue weighted by atomic mass is 16.5. The summed E-state index contributed by atoms with van der Waals surface area (Å²) in [6.45, 7) is 10.2. The molecule has 6 N–H and O–H groups in total. The number of ether oxygens (including phenoxy) is 1. The highest BCUT2D eigenvalue weighted by Gasteiger charge is 2.44. The van der Waals surface area contributed by atoms with Gasteiger partial charge >= 0.3 is 5.97 Å². The van der Waals surface area contributed by atoms with Gasteiger partial charge in [-0.25, -0.2) is 9.97 Å².